The first-order chi connectivity index (χ1) is 60.9. The van der Waals surface area contributed by atoms with Crippen molar-refractivity contribution < 1.29 is 272 Å². The highest BCUT2D eigenvalue weighted by Crippen LogP contribution is 2.42. The van der Waals surface area contributed by atoms with Crippen LogP contribution in [0.2, 0.25) is 0 Å². The molecule has 5 amide bonds. The number of rotatable bonds is 42. The van der Waals surface area contributed by atoms with Crippen LogP contribution in [0, 0.1) is 0 Å². The number of aliphatic carboxylic acids is 1. The maximum Gasteiger partial charge on any atom is 0.397 e. The summed E-state index contributed by atoms with van der Waals surface area (Å²) in [7, 11) is -11.3. The third-order valence-corrected chi connectivity index (χ3v) is 22.8. The highest BCUT2D eigenvalue weighted by atomic mass is 32.3. The van der Waals surface area contributed by atoms with Gasteiger partial charge in [0, 0.05) is 34.1 Å². The standard InChI is InChI=1S/C67H113N5O56S2/c1-17(82)68-21(6-73)50(37(90)23(87)7-74)120-62-46(99)55(39(92)25(9-76)113-62)124-59-34(69-18(2)83)43(96)51(29(13-80)117-59)121-63-47(100)56(40(93)26(10-77)114-63)125-60-35(70-19(3)84)44(97)52(30(118-60)15-111-129(105,106)107)122-64-48(101)57(41(94)27(11-78)115-64)126-61-36(71-20(4)85)45(98)53(31(119-61)16-112-130(108,109)110)123-65-49(102)58(42(95)28(12-79)116-65)128-67(66(103)104)5-22(86)33(72-32(89)14-81)54(127-67)38(91)24(88)8-75/h21-31,33-65,73-81,86-88,90-102H,5-16H2,1-4H3,(H,68,82)(H,69,83)(H,70,84)(H,71,85)(H,72,89)(H,103,104)(H,105,106,107)(H,108,109,110)/t21-,22-,23+,24+,25+,26+,27+,28+,29+,30+,31+,33+,34+,35+,36+,37-,38+,39-,40-,41-,42-,43+,44+,45+,46+,47+,48+,49+,50+,51+,52+,53+,54+,55-,56-,57-,58-,59-,60-,61-,62-,63-,64-,65-,67-/m0/s1. The largest absolute Gasteiger partial charge is 0.477 e. The van der Waals surface area contributed by atoms with Gasteiger partial charge in [-0.3, -0.25) is 33.1 Å². The van der Waals surface area contributed by atoms with Gasteiger partial charge in [0.05, 0.1) is 84.3 Å². The number of carboxylic acids is 1. The van der Waals surface area contributed by atoms with Crippen molar-refractivity contribution in [3.05, 3.63) is 0 Å². The molecule has 8 aliphatic rings. The van der Waals surface area contributed by atoms with Crippen molar-refractivity contribution in [1.82, 2.24) is 26.6 Å². The molecule has 754 valence electrons. The lowest BCUT2D eigenvalue weighted by Crippen LogP contribution is -2.71. The number of ether oxygens (including phenoxy) is 16. The second kappa shape index (κ2) is 47.8. The summed E-state index contributed by atoms with van der Waals surface area (Å²) >= 11 is 0. The zero-order valence-corrected chi connectivity index (χ0v) is 70.3. The van der Waals surface area contributed by atoms with Crippen molar-refractivity contribution >= 4 is 56.3 Å². The molecular formula is C67H113N5O56S2. The van der Waals surface area contributed by atoms with Gasteiger partial charge in [0.2, 0.25) is 29.5 Å². The molecule has 0 unspecified atom stereocenters. The van der Waals surface area contributed by atoms with Crippen LogP contribution in [0.5, 0.6) is 0 Å². The molecule has 0 spiro atoms. The van der Waals surface area contributed by atoms with Crippen LogP contribution in [0.1, 0.15) is 34.1 Å². The van der Waals surface area contributed by atoms with Crippen molar-refractivity contribution in [2.45, 2.75) is 309 Å². The van der Waals surface area contributed by atoms with E-state index in [2.05, 4.69) is 29.6 Å². The lowest BCUT2D eigenvalue weighted by molar-refractivity contribution is -0.391. The predicted molar refractivity (Wildman–Crippen MR) is 397 cm³/mol. The average Bonchev–Trinajstić information content (AvgIpc) is 0.747. The molecular weight excluding hydrogens is 1830 g/mol. The summed E-state index contributed by atoms with van der Waals surface area (Å²) in [5, 5.41) is 299. The van der Waals surface area contributed by atoms with Gasteiger partial charge in [-0.15, -0.1) is 0 Å². The second-order valence-electron chi connectivity index (χ2n) is 31.1. The first kappa shape index (κ1) is 110. The maximum absolute atomic E-state index is 13.3. The molecule has 0 aromatic carbocycles. The number of aliphatic hydroxyl groups is 25. The van der Waals surface area contributed by atoms with Crippen molar-refractivity contribution in [3.63, 3.8) is 0 Å². The van der Waals surface area contributed by atoms with Gasteiger partial charge in [-0.05, 0) is 0 Å². The minimum absolute atomic E-state index is 0.780. The van der Waals surface area contributed by atoms with E-state index in [4.69, 9.17) is 75.8 Å². The Morgan fingerprint density at radius 2 is 0.723 bits per heavy atom. The first-order valence-electron chi connectivity index (χ1n) is 39.7. The van der Waals surface area contributed by atoms with E-state index in [1.54, 1.807) is 0 Å². The topological polar surface area (TPSA) is 963 Å². The van der Waals surface area contributed by atoms with E-state index in [0.717, 1.165) is 27.7 Å². The molecule has 0 aliphatic carbocycles. The molecule has 0 bridgehead atoms. The van der Waals surface area contributed by atoms with Gasteiger partial charge in [0.15, 0.2) is 44.0 Å². The van der Waals surface area contributed by atoms with Crippen LogP contribution in [-0.4, -0.2) is 542 Å². The monoisotopic (exact) mass is 1950 g/mol. The second-order valence-corrected chi connectivity index (χ2v) is 33.3. The fourth-order valence-corrected chi connectivity index (χ4v) is 16.2. The van der Waals surface area contributed by atoms with Crippen molar-refractivity contribution in [2.24, 2.45) is 0 Å². The van der Waals surface area contributed by atoms with E-state index in [9.17, 15) is 187 Å². The molecule has 8 saturated heterocycles. The van der Waals surface area contributed by atoms with Gasteiger partial charge in [0.1, 0.15) is 214 Å². The van der Waals surface area contributed by atoms with Gasteiger partial charge in [-0.2, -0.15) is 16.8 Å². The van der Waals surface area contributed by atoms with E-state index in [0.29, 0.717) is 0 Å². The lowest BCUT2D eigenvalue weighted by Gasteiger charge is -2.51. The van der Waals surface area contributed by atoms with Gasteiger partial charge < -0.3 is 235 Å². The molecule has 0 radical (unpaired) electrons. The summed E-state index contributed by atoms with van der Waals surface area (Å²) in [5.41, 5.74) is 0. The van der Waals surface area contributed by atoms with E-state index >= 15 is 0 Å². The molecule has 45 atom stereocenters. The summed E-state index contributed by atoms with van der Waals surface area (Å²) < 4.78 is 171. The third-order valence-electron chi connectivity index (χ3n) is 21.9. The highest BCUT2D eigenvalue weighted by molar-refractivity contribution is 7.81. The Kier molecular flexibility index (Phi) is 40.5. The van der Waals surface area contributed by atoms with E-state index in [1.165, 1.54) is 0 Å². The molecule has 0 saturated carbocycles. The number of hydrogen-bond acceptors (Lipinski definition) is 53. The number of carboxylic acid groups (broad SMARTS) is 1. The quantitative estimate of drug-likeness (QED) is 0.0252. The Labute approximate surface area is 734 Å². The van der Waals surface area contributed by atoms with Crippen LogP contribution in [0.4, 0.5) is 0 Å². The van der Waals surface area contributed by atoms with Crippen molar-refractivity contribution in [2.75, 3.05) is 72.7 Å². The van der Waals surface area contributed by atoms with Crippen LogP contribution in [0.3, 0.4) is 0 Å². The number of nitrogens with one attached hydrogen (secondary N) is 5. The summed E-state index contributed by atoms with van der Waals surface area (Å²) in [6, 6.07) is -10.1. The van der Waals surface area contributed by atoms with Crippen molar-refractivity contribution in [1.29, 1.82) is 0 Å². The van der Waals surface area contributed by atoms with Gasteiger partial charge in [-0.1, -0.05) is 0 Å². The fraction of sp³-hybridized carbons (Fsp3) is 0.910. The minimum atomic E-state index is -5.66. The number of aliphatic hydroxyl groups excluding tert-OH is 25. The lowest BCUT2D eigenvalue weighted by atomic mass is 9.88. The Balaban J connectivity index is 1.05. The molecule has 8 rings (SSSR count). The smallest absolute Gasteiger partial charge is 0.397 e. The predicted octanol–water partition coefficient (Wildman–Crippen LogP) is -22.4. The number of carbonyl (C=O) groups is 6. The minimum Gasteiger partial charge on any atom is -0.477 e. The van der Waals surface area contributed by atoms with Crippen LogP contribution in [-0.2, 0) is 134 Å². The SMILES string of the molecule is CC(=O)N[C@H]1[C@H](O[C@H]2[C@@H](O)[C@@H](CO)O[C@@H](O[C@@H]([C@@H](O)[C@H](O)CO)[C@H](CO)NC(C)=O)[C@@H]2O)O[C@H](CO)[C@@H](O[C@@H]2O[C@H](CO)[C@H](O)[C@H](O[C@@H]3O[C@H](COS(=O)(=O)O)[C@@H](O[C@@H]4O[C@H](CO)[C@H](O)[C@H](O[C@@H]5O[C@H](COS(=O)(=O)O)[C@@H](O[C@@H]6O[C@H](CO)[C@H](O)[C@H](O[C@]7(C(=O)O)C[C@H](O)[C@@H](NC(=O)CO)[C@H]([C@H](O)[C@H](O)CO)O7)[C@H]6O)[C@H](O)[C@H]5NC(C)=O)[C@H]4O)[C@H](O)[C@H]3NC(C)=O)[C@H]2O)[C@@H]1O. The Morgan fingerprint density at radius 3 is 1.05 bits per heavy atom. The third kappa shape index (κ3) is 26.6. The molecule has 61 nitrogen and oxygen atoms in total. The molecule has 130 heavy (non-hydrogen) atoms. The molecule has 0 aromatic heterocycles. The number of amides is 5. The van der Waals surface area contributed by atoms with Gasteiger partial charge in [0.25, 0.3) is 5.79 Å². The first-order valence-corrected chi connectivity index (χ1v) is 42.4. The molecule has 0 aromatic rings. The van der Waals surface area contributed by atoms with Gasteiger partial charge >= 0.3 is 26.8 Å². The van der Waals surface area contributed by atoms with E-state index in [-0.39, 0.29) is 0 Å². The zero-order valence-electron chi connectivity index (χ0n) is 68.7. The van der Waals surface area contributed by atoms with E-state index < -0.39 is 411 Å². The van der Waals surface area contributed by atoms with Crippen molar-refractivity contribution in [3.8, 4) is 0 Å². The number of hydrogen-bond donors (Lipinski definition) is 33. The van der Waals surface area contributed by atoms with Crippen LogP contribution in [0.15, 0.2) is 0 Å². The molecule has 8 fully saturated rings. The highest BCUT2D eigenvalue weighted by Gasteiger charge is 2.64. The normalized spacial score (nSPS) is 41.9. The van der Waals surface area contributed by atoms with Crippen LogP contribution < -0.4 is 26.6 Å². The summed E-state index contributed by atoms with van der Waals surface area (Å²) in [5.74, 6) is -11.1. The summed E-state index contributed by atoms with van der Waals surface area (Å²) in [4.78, 5) is 76.9. The number of carbonyl (C=O) groups excluding carboxylic acids is 5. The Morgan fingerprint density at radius 1 is 0.392 bits per heavy atom. The molecule has 8 aliphatic heterocycles. The maximum atomic E-state index is 13.3. The Hall–Kier alpha value is -5.08. The van der Waals surface area contributed by atoms with Crippen LogP contribution in [0.25, 0.3) is 0 Å². The molecule has 33 N–H and O–H groups in total. The molecule has 63 heteroatoms. The summed E-state index contributed by atoms with van der Waals surface area (Å²) in [6.45, 7) is -10.8. The van der Waals surface area contributed by atoms with E-state index in [1.807, 2.05) is 5.32 Å². The molecule has 8 heterocycles. The average molecular weight is 1950 g/mol. The van der Waals surface area contributed by atoms with Gasteiger partial charge in [-0.25, -0.2) is 13.2 Å². The zero-order chi connectivity index (χ0) is 97.1. The fourth-order valence-electron chi connectivity index (χ4n) is 15.6. The summed E-state index contributed by atoms with van der Waals surface area (Å²) in [6.07, 6.45) is -92.5. The van der Waals surface area contributed by atoms with Crippen LogP contribution >= 0.6 is 0 Å². The Bertz CT molecular complexity index is 3870.